The number of phenols is 1. The molecule has 0 aliphatic heterocycles. The Kier molecular flexibility index (Phi) is 5.67. The molecule has 0 aromatic heterocycles. The average Bonchev–Trinajstić information content (AvgIpc) is 2.53. The number of amides is 1. The Morgan fingerprint density at radius 1 is 1.18 bits per heavy atom. The lowest BCUT2D eigenvalue weighted by atomic mass is 10.1. The van der Waals surface area contributed by atoms with Gasteiger partial charge in [-0.1, -0.05) is 29.8 Å². The molecule has 22 heavy (non-hydrogen) atoms. The van der Waals surface area contributed by atoms with E-state index in [2.05, 4.69) is 5.32 Å². The second-order valence-corrected chi connectivity index (χ2v) is 5.35. The summed E-state index contributed by atoms with van der Waals surface area (Å²) in [5.41, 5.74) is 1.94. The molecule has 0 spiro atoms. The van der Waals surface area contributed by atoms with Crippen LogP contribution in [0, 0.1) is 0 Å². The fraction of sp³-hybridized carbons (Fsp3) is 0.235. The van der Waals surface area contributed by atoms with Crippen LogP contribution in [0.1, 0.15) is 17.5 Å². The minimum absolute atomic E-state index is 0.0259. The number of aromatic hydroxyl groups is 1. The van der Waals surface area contributed by atoms with Gasteiger partial charge < -0.3 is 15.2 Å². The SMILES string of the molecule is COc1cc(CCC(=O)NCc2ccc(Cl)cc2)ccc1O. The highest BCUT2D eigenvalue weighted by atomic mass is 35.5. The number of nitrogens with one attached hydrogen (secondary N) is 1. The van der Waals surface area contributed by atoms with Gasteiger partial charge in [0.05, 0.1) is 7.11 Å². The monoisotopic (exact) mass is 319 g/mol. The molecule has 0 aliphatic rings. The van der Waals surface area contributed by atoms with Crippen LogP contribution in [0.3, 0.4) is 0 Å². The Labute approximate surface area is 134 Å². The van der Waals surface area contributed by atoms with E-state index in [0.29, 0.717) is 30.2 Å². The van der Waals surface area contributed by atoms with Crippen molar-refractivity contribution in [3.05, 3.63) is 58.6 Å². The maximum Gasteiger partial charge on any atom is 0.220 e. The molecule has 4 nitrogen and oxygen atoms in total. The van der Waals surface area contributed by atoms with Crippen LogP contribution in [0.15, 0.2) is 42.5 Å². The van der Waals surface area contributed by atoms with Crippen molar-refractivity contribution in [2.24, 2.45) is 0 Å². The summed E-state index contributed by atoms with van der Waals surface area (Å²) in [4.78, 5) is 11.9. The summed E-state index contributed by atoms with van der Waals surface area (Å²) in [5, 5.41) is 13.1. The summed E-state index contributed by atoms with van der Waals surface area (Å²) in [5.74, 6) is 0.486. The molecule has 0 unspecified atom stereocenters. The van der Waals surface area contributed by atoms with Crippen molar-refractivity contribution in [3.8, 4) is 11.5 Å². The molecule has 5 heteroatoms. The Hall–Kier alpha value is -2.20. The first-order valence-electron chi connectivity index (χ1n) is 6.95. The van der Waals surface area contributed by atoms with Gasteiger partial charge in [-0.2, -0.15) is 0 Å². The molecule has 2 aromatic carbocycles. The third-order valence-electron chi connectivity index (χ3n) is 3.29. The van der Waals surface area contributed by atoms with E-state index in [-0.39, 0.29) is 11.7 Å². The van der Waals surface area contributed by atoms with Gasteiger partial charge in [-0.25, -0.2) is 0 Å². The van der Waals surface area contributed by atoms with Crippen LogP contribution >= 0.6 is 11.6 Å². The normalized spacial score (nSPS) is 10.3. The van der Waals surface area contributed by atoms with Crippen molar-refractivity contribution in [3.63, 3.8) is 0 Å². The van der Waals surface area contributed by atoms with E-state index < -0.39 is 0 Å². The zero-order chi connectivity index (χ0) is 15.9. The van der Waals surface area contributed by atoms with Crippen LogP contribution in [-0.2, 0) is 17.8 Å². The van der Waals surface area contributed by atoms with Crippen LogP contribution in [0.4, 0.5) is 0 Å². The largest absolute Gasteiger partial charge is 0.504 e. The van der Waals surface area contributed by atoms with E-state index in [1.165, 1.54) is 7.11 Å². The Morgan fingerprint density at radius 3 is 2.55 bits per heavy atom. The molecule has 116 valence electrons. The highest BCUT2D eigenvalue weighted by molar-refractivity contribution is 6.30. The number of hydrogen-bond donors (Lipinski definition) is 2. The zero-order valence-electron chi connectivity index (χ0n) is 12.3. The molecule has 2 N–H and O–H groups in total. The van der Waals surface area contributed by atoms with Gasteiger partial charge in [0, 0.05) is 18.0 Å². The molecular weight excluding hydrogens is 302 g/mol. The van der Waals surface area contributed by atoms with Crippen LogP contribution in [0.2, 0.25) is 5.02 Å². The number of rotatable bonds is 6. The van der Waals surface area contributed by atoms with Gasteiger partial charge in [-0.15, -0.1) is 0 Å². The Bertz CT molecular complexity index is 641. The minimum Gasteiger partial charge on any atom is -0.504 e. The molecule has 0 atom stereocenters. The fourth-order valence-electron chi connectivity index (χ4n) is 2.03. The molecule has 1 amide bonds. The lowest BCUT2D eigenvalue weighted by Crippen LogP contribution is -2.22. The highest BCUT2D eigenvalue weighted by Gasteiger charge is 2.06. The zero-order valence-corrected chi connectivity index (χ0v) is 13.1. The molecule has 2 aromatic rings. The fourth-order valence-corrected chi connectivity index (χ4v) is 2.15. The van der Waals surface area contributed by atoms with Gasteiger partial charge in [-0.3, -0.25) is 4.79 Å². The number of carbonyl (C=O) groups is 1. The lowest BCUT2D eigenvalue weighted by Gasteiger charge is -2.08. The molecule has 0 heterocycles. The van der Waals surface area contributed by atoms with Crippen LogP contribution < -0.4 is 10.1 Å². The third-order valence-corrected chi connectivity index (χ3v) is 3.54. The van der Waals surface area contributed by atoms with Gasteiger partial charge in [0.1, 0.15) is 0 Å². The topological polar surface area (TPSA) is 58.6 Å². The van der Waals surface area contributed by atoms with E-state index in [9.17, 15) is 9.90 Å². The molecule has 0 saturated carbocycles. The molecule has 0 radical (unpaired) electrons. The average molecular weight is 320 g/mol. The maximum atomic E-state index is 11.9. The smallest absolute Gasteiger partial charge is 0.220 e. The Balaban J connectivity index is 1.81. The first-order chi connectivity index (χ1) is 10.6. The van der Waals surface area contributed by atoms with Gasteiger partial charge in [-0.05, 0) is 41.8 Å². The molecule has 0 bridgehead atoms. The summed E-state index contributed by atoms with van der Waals surface area (Å²) in [6, 6.07) is 12.4. The van der Waals surface area contributed by atoms with Gasteiger partial charge in [0.2, 0.25) is 5.91 Å². The second-order valence-electron chi connectivity index (χ2n) is 4.91. The summed E-state index contributed by atoms with van der Waals surface area (Å²) < 4.78 is 5.05. The number of carbonyl (C=O) groups excluding carboxylic acids is 1. The summed E-state index contributed by atoms with van der Waals surface area (Å²) in [6.07, 6.45) is 0.963. The van der Waals surface area contributed by atoms with Gasteiger partial charge in [0.15, 0.2) is 11.5 Å². The highest BCUT2D eigenvalue weighted by Crippen LogP contribution is 2.26. The van der Waals surface area contributed by atoms with Crippen LogP contribution in [-0.4, -0.2) is 18.1 Å². The van der Waals surface area contributed by atoms with E-state index in [1.54, 1.807) is 30.3 Å². The predicted octanol–water partition coefficient (Wildman–Crippen LogP) is 3.30. The van der Waals surface area contributed by atoms with Crippen LogP contribution in [0.5, 0.6) is 11.5 Å². The number of halogens is 1. The van der Waals surface area contributed by atoms with Crippen molar-refractivity contribution in [2.45, 2.75) is 19.4 Å². The van der Waals surface area contributed by atoms with Gasteiger partial charge in [0.25, 0.3) is 0 Å². The molecule has 2 rings (SSSR count). The van der Waals surface area contributed by atoms with Crippen molar-refractivity contribution >= 4 is 17.5 Å². The molecule has 0 fully saturated rings. The van der Waals surface area contributed by atoms with Crippen molar-refractivity contribution in [2.75, 3.05) is 7.11 Å². The van der Waals surface area contributed by atoms with Crippen molar-refractivity contribution in [1.29, 1.82) is 0 Å². The van der Waals surface area contributed by atoms with Gasteiger partial charge >= 0.3 is 0 Å². The predicted molar refractivity (Wildman–Crippen MR) is 86.3 cm³/mol. The lowest BCUT2D eigenvalue weighted by molar-refractivity contribution is -0.121. The first-order valence-corrected chi connectivity index (χ1v) is 7.33. The standard InChI is InChI=1S/C17H18ClNO3/c1-22-16-10-12(4-8-15(16)20)5-9-17(21)19-11-13-2-6-14(18)7-3-13/h2-4,6-8,10,20H,5,9,11H2,1H3,(H,19,21). The van der Waals surface area contributed by atoms with E-state index >= 15 is 0 Å². The number of methoxy groups -OCH3 is 1. The number of hydrogen-bond acceptors (Lipinski definition) is 3. The van der Waals surface area contributed by atoms with Crippen molar-refractivity contribution in [1.82, 2.24) is 5.32 Å². The molecule has 0 saturated heterocycles. The summed E-state index contributed by atoms with van der Waals surface area (Å²) >= 11 is 5.81. The molecule has 0 aliphatic carbocycles. The number of ether oxygens (including phenoxy) is 1. The maximum absolute atomic E-state index is 11.9. The van der Waals surface area contributed by atoms with E-state index in [4.69, 9.17) is 16.3 Å². The van der Waals surface area contributed by atoms with Crippen molar-refractivity contribution < 1.29 is 14.6 Å². The first kappa shape index (κ1) is 16.2. The second kappa shape index (κ2) is 7.71. The summed E-state index contributed by atoms with van der Waals surface area (Å²) in [7, 11) is 1.50. The quantitative estimate of drug-likeness (QED) is 0.859. The molecular formula is C17H18ClNO3. The van der Waals surface area contributed by atoms with E-state index in [1.807, 2.05) is 12.1 Å². The Morgan fingerprint density at radius 2 is 1.86 bits per heavy atom. The number of phenolic OH excluding ortho intramolecular Hbond substituents is 1. The van der Waals surface area contributed by atoms with Crippen LogP contribution in [0.25, 0.3) is 0 Å². The summed E-state index contributed by atoms with van der Waals surface area (Å²) in [6.45, 7) is 0.481. The van der Waals surface area contributed by atoms with E-state index in [0.717, 1.165) is 11.1 Å². The number of aryl methyl sites for hydroxylation is 1. The number of benzene rings is 2. The third kappa shape index (κ3) is 4.67. The minimum atomic E-state index is -0.0259.